The summed E-state index contributed by atoms with van der Waals surface area (Å²) in [7, 11) is 0. The molecular weight excluding hydrogens is 264 g/mol. The number of hydrogen-bond acceptors (Lipinski definition) is 7. The molecule has 0 atom stereocenters. The van der Waals surface area contributed by atoms with Crippen LogP contribution in [0.3, 0.4) is 0 Å². The molecule has 0 unspecified atom stereocenters. The molecule has 0 saturated carbocycles. The van der Waals surface area contributed by atoms with Gasteiger partial charge in [-0.05, 0) is 6.42 Å². The molecule has 104 valence electrons. The Kier molecular flexibility index (Phi) is 4.92. The van der Waals surface area contributed by atoms with Gasteiger partial charge in [0.1, 0.15) is 5.82 Å². The van der Waals surface area contributed by atoms with E-state index in [4.69, 9.17) is 10.3 Å². The molecule has 0 aliphatic carbocycles. The quantitative estimate of drug-likeness (QED) is 0.766. The lowest BCUT2D eigenvalue weighted by molar-refractivity contribution is 0.378. The van der Waals surface area contributed by atoms with E-state index in [2.05, 4.69) is 27.3 Å². The van der Waals surface area contributed by atoms with Crippen LogP contribution < -0.4 is 5.73 Å². The Bertz CT molecular complexity index is 523. The fraction of sp³-hybridized carbons (Fsp3) is 0.636. The fourth-order valence-corrected chi connectivity index (χ4v) is 2.47. The highest BCUT2D eigenvalue weighted by Gasteiger charge is 2.12. The van der Waals surface area contributed by atoms with Crippen molar-refractivity contribution >= 4 is 11.8 Å². The highest BCUT2D eigenvalue weighted by molar-refractivity contribution is 7.98. The first-order valence-electron chi connectivity index (χ1n) is 6.34. The molecule has 0 aromatic carbocycles. The minimum atomic E-state index is 0.399. The second-order valence-electron chi connectivity index (χ2n) is 4.00. The van der Waals surface area contributed by atoms with E-state index in [-0.39, 0.29) is 0 Å². The van der Waals surface area contributed by atoms with E-state index >= 15 is 0 Å². The third-order valence-electron chi connectivity index (χ3n) is 2.57. The Morgan fingerprint density at radius 2 is 2.16 bits per heavy atom. The fourth-order valence-electron chi connectivity index (χ4n) is 1.65. The number of hydrogen-bond donors (Lipinski definition) is 1. The number of nitrogens with two attached hydrogens (primary N) is 1. The zero-order valence-corrected chi connectivity index (χ0v) is 12.0. The van der Waals surface area contributed by atoms with E-state index < -0.39 is 0 Å². The second kappa shape index (κ2) is 6.67. The van der Waals surface area contributed by atoms with E-state index in [0.29, 0.717) is 24.0 Å². The Morgan fingerprint density at radius 1 is 1.32 bits per heavy atom. The minimum Gasteiger partial charge on any atom is -0.339 e. The van der Waals surface area contributed by atoms with Crippen LogP contribution in [-0.2, 0) is 25.3 Å². The highest BCUT2D eigenvalue weighted by atomic mass is 32.2. The van der Waals surface area contributed by atoms with Gasteiger partial charge in [0.25, 0.3) is 0 Å². The Labute approximate surface area is 116 Å². The molecule has 19 heavy (non-hydrogen) atoms. The molecule has 0 amide bonds. The van der Waals surface area contributed by atoms with Gasteiger partial charge in [-0.1, -0.05) is 30.8 Å². The first-order valence-corrected chi connectivity index (χ1v) is 7.33. The maximum Gasteiger partial charge on any atom is 0.226 e. The molecule has 8 heteroatoms. The summed E-state index contributed by atoms with van der Waals surface area (Å²) in [5.74, 6) is 2.78. The van der Waals surface area contributed by atoms with Crippen LogP contribution in [-0.4, -0.2) is 24.9 Å². The number of nitrogens with zero attached hydrogens (tertiary/aromatic N) is 5. The van der Waals surface area contributed by atoms with Gasteiger partial charge in [-0.3, -0.25) is 0 Å². The summed E-state index contributed by atoms with van der Waals surface area (Å²) < 4.78 is 7.12. The average Bonchev–Trinajstić information content (AvgIpc) is 3.03. The first-order chi connectivity index (χ1) is 9.28. The molecule has 0 saturated heterocycles. The van der Waals surface area contributed by atoms with E-state index in [1.54, 1.807) is 11.8 Å². The van der Waals surface area contributed by atoms with Gasteiger partial charge < -0.3 is 14.8 Å². The smallest absolute Gasteiger partial charge is 0.226 e. The molecule has 2 heterocycles. The van der Waals surface area contributed by atoms with Crippen molar-refractivity contribution in [2.45, 2.75) is 50.7 Å². The van der Waals surface area contributed by atoms with Crippen LogP contribution in [0.1, 0.15) is 37.8 Å². The van der Waals surface area contributed by atoms with Crippen molar-refractivity contribution in [3.63, 3.8) is 0 Å². The molecule has 7 nitrogen and oxygen atoms in total. The van der Waals surface area contributed by atoms with Gasteiger partial charge in [0, 0.05) is 13.0 Å². The topological polar surface area (TPSA) is 95.7 Å². The third kappa shape index (κ3) is 3.32. The maximum absolute atomic E-state index is 5.65. The molecule has 0 bridgehead atoms. The first kappa shape index (κ1) is 14.0. The van der Waals surface area contributed by atoms with Crippen LogP contribution >= 0.6 is 11.8 Å². The summed E-state index contributed by atoms with van der Waals surface area (Å²) in [4.78, 5) is 4.27. The van der Waals surface area contributed by atoms with Gasteiger partial charge in [-0.2, -0.15) is 4.98 Å². The zero-order chi connectivity index (χ0) is 13.7. The van der Waals surface area contributed by atoms with Crippen molar-refractivity contribution < 1.29 is 4.52 Å². The van der Waals surface area contributed by atoms with Crippen LogP contribution in [0, 0.1) is 0 Å². The standard InChI is InChI=1S/C11H18N6OS/c1-3-5-17-9(6-12)14-15-11(17)19-7-8-13-10(4-2)18-16-8/h3-7,12H2,1-2H3. The minimum absolute atomic E-state index is 0.399. The van der Waals surface area contributed by atoms with Crippen molar-refractivity contribution in [3.05, 3.63) is 17.5 Å². The molecule has 0 fully saturated rings. The maximum atomic E-state index is 5.65. The van der Waals surface area contributed by atoms with Gasteiger partial charge in [0.15, 0.2) is 11.0 Å². The van der Waals surface area contributed by atoms with Crippen LogP contribution in [0.5, 0.6) is 0 Å². The SMILES string of the molecule is CCCn1c(CN)nnc1SCc1noc(CC)n1. The van der Waals surface area contributed by atoms with E-state index in [1.807, 2.05) is 11.5 Å². The normalized spacial score (nSPS) is 11.1. The Morgan fingerprint density at radius 3 is 2.79 bits per heavy atom. The molecule has 2 rings (SSSR count). The number of rotatable bonds is 7. The number of aryl methyl sites for hydroxylation is 1. The summed E-state index contributed by atoms with van der Waals surface area (Å²) in [6, 6.07) is 0. The summed E-state index contributed by atoms with van der Waals surface area (Å²) in [6.07, 6.45) is 1.77. The molecule has 0 aliphatic rings. The van der Waals surface area contributed by atoms with Gasteiger partial charge in [-0.25, -0.2) is 0 Å². The van der Waals surface area contributed by atoms with Crippen LogP contribution in [0.4, 0.5) is 0 Å². The van der Waals surface area contributed by atoms with Gasteiger partial charge >= 0.3 is 0 Å². The van der Waals surface area contributed by atoms with Crippen molar-refractivity contribution in [2.75, 3.05) is 0 Å². The molecule has 2 aromatic heterocycles. The molecule has 0 aliphatic heterocycles. The van der Waals surface area contributed by atoms with Gasteiger partial charge in [0.2, 0.25) is 5.89 Å². The predicted octanol–water partition coefficient (Wildman–Crippen LogP) is 1.38. The highest BCUT2D eigenvalue weighted by Crippen LogP contribution is 2.21. The average molecular weight is 282 g/mol. The van der Waals surface area contributed by atoms with E-state index in [1.165, 1.54) is 0 Å². The van der Waals surface area contributed by atoms with Crippen molar-refractivity contribution in [1.82, 2.24) is 24.9 Å². The lowest BCUT2D eigenvalue weighted by atomic mass is 10.4. The number of thioether (sulfide) groups is 1. The van der Waals surface area contributed by atoms with Crippen molar-refractivity contribution in [2.24, 2.45) is 5.73 Å². The Balaban J connectivity index is 2.04. The summed E-state index contributed by atoms with van der Waals surface area (Å²) in [5, 5.41) is 13.0. The summed E-state index contributed by atoms with van der Waals surface area (Å²) in [6.45, 7) is 5.36. The Hall–Kier alpha value is -1.41. The van der Waals surface area contributed by atoms with E-state index in [9.17, 15) is 0 Å². The van der Waals surface area contributed by atoms with Crippen LogP contribution in [0.2, 0.25) is 0 Å². The summed E-state index contributed by atoms with van der Waals surface area (Å²) in [5.41, 5.74) is 5.65. The van der Waals surface area contributed by atoms with Crippen LogP contribution in [0.15, 0.2) is 9.68 Å². The largest absolute Gasteiger partial charge is 0.339 e. The van der Waals surface area contributed by atoms with E-state index in [0.717, 1.165) is 30.4 Å². The molecule has 0 spiro atoms. The van der Waals surface area contributed by atoms with Crippen LogP contribution in [0.25, 0.3) is 0 Å². The molecular formula is C11H18N6OS. The summed E-state index contributed by atoms with van der Waals surface area (Å²) >= 11 is 1.55. The lowest BCUT2D eigenvalue weighted by Gasteiger charge is -2.06. The molecule has 0 radical (unpaired) electrons. The third-order valence-corrected chi connectivity index (χ3v) is 3.53. The number of aromatic nitrogens is 5. The van der Waals surface area contributed by atoms with Crippen molar-refractivity contribution in [1.29, 1.82) is 0 Å². The van der Waals surface area contributed by atoms with Gasteiger partial charge in [-0.15, -0.1) is 10.2 Å². The monoisotopic (exact) mass is 282 g/mol. The van der Waals surface area contributed by atoms with Crippen molar-refractivity contribution in [3.8, 4) is 0 Å². The molecule has 2 N–H and O–H groups in total. The predicted molar refractivity (Wildman–Crippen MR) is 71.4 cm³/mol. The zero-order valence-electron chi connectivity index (χ0n) is 11.2. The lowest BCUT2D eigenvalue weighted by Crippen LogP contribution is -2.09. The van der Waals surface area contributed by atoms with Gasteiger partial charge in [0.05, 0.1) is 12.3 Å². The molecule has 2 aromatic rings. The second-order valence-corrected chi connectivity index (χ2v) is 4.94.